The Morgan fingerprint density at radius 3 is 1.25 bits per heavy atom. The van der Waals surface area contributed by atoms with E-state index in [1.165, 1.54) is 0 Å². The average Bonchev–Trinajstić information content (AvgIpc) is 1.33. The minimum atomic E-state index is 0. The topological polar surface area (TPSA) is 12.5 Å². The highest BCUT2D eigenvalue weighted by atomic mass is 28.2. The maximum atomic E-state index is 4.39. The van der Waals surface area contributed by atoms with E-state index in [-0.39, 0.29) is 11.0 Å². The van der Waals surface area contributed by atoms with Crippen LogP contribution in [0, 0.1) is 0 Å². The van der Waals surface area contributed by atoms with Crippen molar-refractivity contribution in [3.8, 4) is 0 Å². The summed E-state index contributed by atoms with van der Waals surface area (Å²) in [6.07, 6.45) is 0. The molecule has 0 unspecified atom stereocenters. The first-order valence-corrected chi connectivity index (χ1v) is 2.97. The van der Waals surface area contributed by atoms with E-state index in [4.69, 9.17) is 0 Å². The van der Waals surface area contributed by atoms with E-state index >= 15 is 0 Å². The van der Waals surface area contributed by atoms with Crippen molar-refractivity contribution in [1.82, 2.24) is 4.90 Å². The second-order valence-electron chi connectivity index (χ2n) is 1.75. The van der Waals surface area contributed by atoms with Gasteiger partial charge in [-0.2, -0.15) is 0 Å². The Balaban J connectivity index is -0.0000000575. The summed E-state index contributed by atoms with van der Waals surface area (Å²) in [5, 5.41) is 0. The minimum Gasteiger partial charge on any atom is -0.431 e. The molecule has 0 spiro atoms. The quantitative estimate of drug-likeness (QED) is 0.361. The van der Waals surface area contributed by atoms with Crippen LogP contribution < -0.4 is 0 Å². The van der Waals surface area contributed by atoms with Crippen LogP contribution in [0.1, 0.15) is 0 Å². The highest BCUT2D eigenvalue weighted by Gasteiger charge is 1.58. The first-order chi connectivity index (χ1) is 3.15. The van der Waals surface area contributed by atoms with Gasteiger partial charge in [0.15, 0.2) is 0 Å². The molecule has 0 aliphatic heterocycles. The third kappa shape index (κ3) is 1460. The molecule has 0 amide bonds. The van der Waals surface area contributed by atoms with E-state index in [1.807, 2.05) is 26.0 Å². The van der Waals surface area contributed by atoms with Crippen LogP contribution in [0.15, 0.2) is 0 Å². The molecule has 0 fully saturated rings. The largest absolute Gasteiger partial charge is 0.431 e. The molecule has 0 bridgehead atoms. The SMILES string of the molecule is CN(C)C.CO[SiH3].[SiH4]. The zero-order valence-electron chi connectivity index (χ0n) is 5.86. The maximum Gasteiger partial charge on any atom is 0.145 e. The third-order valence-electron chi connectivity index (χ3n) is 0. The van der Waals surface area contributed by atoms with Crippen molar-refractivity contribution in [2.24, 2.45) is 0 Å². The maximum absolute atomic E-state index is 4.39. The second-order valence-corrected chi connectivity index (χ2v) is 2.57. The van der Waals surface area contributed by atoms with Gasteiger partial charge in [0.05, 0.1) is 0 Å². The molecule has 2 nitrogen and oxygen atoms in total. The molecule has 0 aromatic rings. The monoisotopic (exact) mass is 153 g/mol. The molecule has 0 N–H and O–H groups in total. The molecular weight excluding hydrogens is 134 g/mol. The Hall–Kier alpha value is 0.354. The van der Waals surface area contributed by atoms with Gasteiger partial charge in [-0.05, 0) is 32.1 Å². The Labute approximate surface area is 59.8 Å². The van der Waals surface area contributed by atoms with Crippen LogP contribution in [0.3, 0.4) is 0 Å². The molecule has 0 atom stereocenters. The average molecular weight is 153 g/mol. The van der Waals surface area contributed by atoms with Gasteiger partial charge < -0.3 is 9.33 Å². The highest BCUT2D eigenvalue weighted by Crippen LogP contribution is 1.47. The van der Waals surface area contributed by atoms with Gasteiger partial charge in [0.25, 0.3) is 0 Å². The smallest absolute Gasteiger partial charge is 0.145 e. The highest BCUT2D eigenvalue weighted by molar-refractivity contribution is 5.97. The second kappa shape index (κ2) is 15.7. The molecule has 0 aliphatic carbocycles. The fourth-order valence-corrected chi connectivity index (χ4v) is 0. The van der Waals surface area contributed by atoms with Gasteiger partial charge in [0, 0.05) is 7.11 Å². The number of hydrogen-bond donors (Lipinski definition) is 0. The van der Waals surface area contributed by atoms with Crippen LogP contribution in [-0.4, -0.2) is 54.6 Å². The fourth-order valence-electron chi connectivity index (χ4n) is 0. The van der Waals surface area contributed by atoms with Gasteiger partial charge in [-0.25, -0.2) is 0 Å². The first-order valence-electron chi connectivity index (χ1n) is 2.16. The summed E-state index contributed by atoms with van der Waals surface area (Å²) in [4.78, 5) is 2.00. The lowest BCUT2D eigenvalue weighted by atomic mass is 11.0. The predicted octanol–water partition coefficient (Wildman–Crippen LogP) is -2.36. The third-order valence-corrected chi connectivity index (χ3v) is 0. The molecule has 0 aromatic heterocycles. The molecule has 0 aliphatic rings. The fraction of sp³-hybridized carbons (Fsp3) is 1.00. The van der Waals surface area contributed by atoms with Crippen LogP contribution in [0.4, 0.5) is 0 Å². The summed E-state index contributed by atoms with van der Waals surface area (Å²) >= 11 is 0. The summed E-state index contributed by atoms with van der Waals surface area (Å²) in [6.45, 7) is 0. The Kier molecular flexibility index (Phi) is 30.9. The molecule has 0 rings (SSSR count). The van der Waals surface area contributed by atoms with E-state index in [9.17, 15) is 0 Å². The van der Waals surface area contributed by atoms with Crippen LogP contribution in [0.5, 0.6) is 0 Å². The van der Waals surface area contributed by atoms with Gasteiger partial charge in [-0.3, -0.25) is 0 Å². The summed E-state index contributed by atoms with van der Waals surface area (Å²) in [6, 6.07) is 0. The van der Waals surface area contributed by atoms with E-state index < -0.39 is 0 Å². The van der Waals surface area contributed by atoms with Gasteiger partial charge in [-0.1, -0.05) is 0 Å². The van der Waals surface area contributed by atoms with Gasteiger partial charge in [0.1, 0.15) is 10.5 Å². The molecular formula is C4H19NOSi2. The zero-order valence-corrected chi connectivity index (χ0v) is 7.86. The molecule has 0 saturated heterocycles. The molecule has 0 radical (unpaired) electrons. The standard InChI is InChI=1S/C3H9N.CH6OSi.H4Si/c1-4(2)3;1-2-3;/h1-3H3;1,3H3;1H4. The van der Waals surface area contributed by atoms with Crippen molar-refractivity contribution in [2.75, 3.05) is 28.3 Å². The van der Waals surface area contributed by atoms with E-state index in [2.05, 4.69) is 4.43 Å². The molecule has 8 heavy (non-hydrogen) atoms. The van der Waals surface area contributed by atoms with Crippen molar-refractivity contribution >= 4 is 21.5 Å². The van der Waals surface area contributed by atoms with E-state index in [0.717, 1.165) is 10.5 Å². The van der Waals surface area contributed by atoms with Gasteiger partial charge in [0.2, 0.25) is 0 Å². The first kappa shape index (κ1) is 15.8. The van der Waals surface area contributed by atoms with Gasteiger partial charge >= 0.3 is 0 Å². The molecule has 4 heteroatoms. The Bertz CT molecular complexity index is 25.2. The normalized spacial score (nSPS) is 7.12. The van der Waals surface area contributed by atoms with Crippen LogP contribution in [0.25, 0.3) is 0 Å². The minimum absolute atomic E-state index is 0. The van der Waals surface area contributed by atoms with Crippen molar-refractivity contribution in [2.45, 2.75) is 0 Å². The van der Waals surface area contributed by atoms with Gasteiger partial charge in [-0.15, -0.1) is 0 Å². The number of rotatable bonds is 0. The zero-order chi connectivity index (χ0) is 6.28. The van der Waals surface area contributed by atoms with Crippen molar-refractivity contribution in [3.63, 3.8) is 0 Å². The van der Waals surface area contributed by atoms with Crippen molar-refractivity contribution in [1.29, 1.82) is 0 Å². The van der Waals surface area contributed by atoms with Crippen LogP contribution in [0.2, 0.25) is 0 Å². The lowest BCUT2D eigenvalue weighted by molar-refractivity contribution is 0.460. The summed E-state index contributed by atoms with van der Waals surface area (Å²) in [5.41, 5.74) is 0. The number of nitrogens with zero attached hydrogens (tertiary/aromatic N) is 1. The molecule has 54 valence electrons. The summed E-state index contributed by atoms with van der Waals surface area (Å²) < 4.78 is 4.39. The van der Waals surface area contributed by atoms with Crippen molar-refractivity contribution in [3.05, 3.63) is 0 Å². The Morgan fingerprint density at radius 1 is 1.25 bits per heavy atom. The van der Waals surface area contributed by atoms with E-state index in [0.29, 0.717) is 0 Å². The number of hydrogen-bond acceptors (Lipinski definition) is 2. The predicted molar refractivity (Wildman–Crippen MR) is 47.9 cm³/mol. The summed E-state index contributed by atoms with van der Waals surface area (Å²) in [7, 11) is 8.56. The Morgan fingerprint density at radius 2 is 1.25 bits per heavy atom. The lowest BCUT2D eigenvalue weighted by Gasteiger charge is -1.90. The molecule has 0 aromatic carbocycles. The molecule has 0 saturated carbocycles. The lowest BCUT2D eigenvalue weighted by Crippen LogP contribution is -1.99. The molecule has 0 heterocycles. The van der Waals surface area contributed by atoms with E-state index in [1.54, 1.807) is 7.11 Å². The van der Waals surface area contributed by atoms with Crippen molar-refractivity contribution < 1.29 is 4.43 Å². The summed E-state index contributed by atoms with van der Waals surface area (Å²) in [5.74, 6) is 0. The van der Waals surface area contributed by atoms with Crippen LogP contribution in [-0.2, 0) is 4.43 Å². The van der Waals surface area contributed by atoms with Crippen LogP contribution >= 0.6 is 0 Å².